The quantitative estimate of drug-likeness (QED) is 0.843. The van der Waals surface area contributed by atoms with Gasteiger partial charge in [0.2, 0.25) is 0 Å². The van der Waals surface area contributed by atoms with Crippen LogP contribution in [-0.2, 0) is 13.1 Å². The lowest BCUT2D eigenvalue weighted by Crippen LogP contribution is -2.24. The van der Waals surface area contributed by atoms with Gasteiger partial charge in [0.1, 0.15) is 0 Å². The largest absolute Gasteiger partial charge is 0.310 e. The van der Waals surface area contributed by atoms with Crippen LogP contribution in [0.15, 0.2) is 24.3 Å². The summed E-state index contributed by atoms with van der Waals surface area (Å²) in [5.41, 5.74) is 2.95. The highest BCUT2D eigenvalue weighted by molar-refractivity contribution is 5.27. The highest BCUT2D eigenvalue weighted by Crippen LogP contribution is 2.22. The van der Waals surface area contributed by atoms with Crippen molar-refractivity contribution >= 4 is 0 Å². The molecule has 1 N–H and O–H groups in total. The van der Waals surface area contributed by atoms with E-state index in [0.29, 0.717) is 6.04 Å². The van der Waals surface area contributed by atoms with E-state index in [1.807, 2.05) is 0 Å². The van der Waals surface area contributed by atoms with Crippen LogP contribution < -0.4 is 5.32 Å². The second-order valence-electron chi connectivity index (χ2n) is 6.10. The van der Waals surface area contributed by atoms with Gasteiger partial charge in [0.25, 0.3) is 0 Å². The van der Waals surface area contributed by atoms with Crippen molar-refractivity contribution in [1.29, 1.82) is 0 Å². The van der Waals surface area contributed by atoms with Crippen molar-refractivity contribution < 1.29 is 0 Å². The number of hydrogen-bond acceptors (Lipinski definition) is 2. The predicted molar refractivity (Wildman–Crippen MR) is 82.1 cm³/mol. The first-order valence-corrected chi connectivity index (χ1v) is 7.71. The number of hydrogen-bond donors (Lipinski definition) is 1. The topological polar surface area (TPSA) is 15.3 Å². The summed E-state index contributed by atoms with van der Waals surface area (Å²) < 4.78 is 0. The maximum Gasteiger partial charge on any atom is 0.0237 e. The molecule has 2 nitrogen and oxygen atoms in total. The third-order valence-electron chi connectivity index (χ3n) is 4.16. The van der Waals surface area contributed by atoms with Crippen molar-refractivity contribution in [3.05, 3.63) is 35.4 Å². The first-order chi connectivity index (χ1) is 9.19. The van der Waals surface area contributed by atoms with Crippen molar-refractivity contribution in [3.63, 3.8) is 0 Å². The molecule has 0 saturated carbocycles. The lowest BCUT2D eigenvalue weighted by Gasteiger charge is -2.19. The highest BCUT2D eigenvalue weighted by atomic mass is 15.1. The van der Waals surface area contributed by atoms with Crippen LogP contribution in [0.5, 0.6) is 0 Å². The molecule has 0 radical (unpaired) electrons. The Morgan fingerprint density at radius 2 is 2.00 bits per heavy atom. The third kappa shape index (κ3) is 4.32. The van der Waals surface area contributed by atoms with Gasteiger partial charge in [-0.15, -0.1) is 0 Å². The summed E-state index contributed by atoms with van der Waals surface area (Å²) in [5, 5.41) is 3.53. The minimum absolute atomic E-state index is 0.546. The Hall–Kier alpha value is -0.860. The summed E-state index contributed by atoms with van der Waals surface area (Å²) in [6, 6.07) is 9.42. The molecule has 1 aliphatic heterocycles. The van der Waals surface area contributed by atoms with Crippen LogP contribution in [0, 0.1) is 5.92 Å². The number of likely N-dealkylation sites (tertiary alicyclic amines) is 1. The molecule has 1 saturated heterocycles. The molecule has 0 bridgehead atoms. The van der Waals surface area contributed by atoms with Gasteiger partial charge in [0, 0.05) is 25.7 Å². The molecule has 2 heteroatoms. The Bertz CT molecular complexity index is 387. The van der Waals surface area contributed by atoms with Crippen LogP contribution in [0.25, 0.3) is 0 Å². The van der Waals surface area contributed by atoms with E-state index in [-0.39, 0.29) is 0 Å². The normalized spacial score (nSPS) is 20.3. The van der Waals surface area contributed by atoms with Crippen molar-refractivity contribution in [2.45, 2.75) is 52.7 Å². The molecule has 0 aliphatic carbocycles. The maximum atomic E-state index is 3.53. The molecule has 1 aromatic rings. The summed E-state index contributed by atoms with van der Waals surface area (Å²) in [6.45, 7) is 11.4. The fourth-order valence-electron chi connectivity index (χ4n) is 2.83. The molecule has 19 heavy (non-hydrogen) atoms. The molecule has 1 unspecified atom stereocenters. The minimum Gasteiger partial charge on any atom is -0.310 e. The maximum absolute atomic E-state index is 3.53. The van der Waals surface area contributed by atoms with E-state index in [9.17, 15) is 0 Å². The molecular weight excluding hydrogens is 232 g/mol. The zero-order valence-corrected chi connectivity index (χ0v) is 12.7. The van der Waals surface area contributed by atoms with Gasteiger partial charge >= 0.3 is 0 Å². The highest BCUT2D eigenvalue weighted by Gasteiger charge is 2.21. The fraction of sp³-hybridized carbons (Fsp3) is 0.647. The molecule has 1 aliphatic rings. The summed E-state index contributed by atoms with van der Waals surface area (Å²) in [5.74, 6) is 0.918. The van der Waals surface area contributed by atoms with Crippen LogP contribution in [0.4, 0.5) is 0 Å². The number of benzene rings is 1. The Morgan fingerprint density at radius 3 is 2.63 bits per heavy atom. The first kappa shape index (κ1) is 14.5. The molecule has 0 spiro atoms. The van der Waals surface area contributed by atoms with Crippen LogP contribution in [-0.4, -0.2) is 24.0 Å². The summed E-state index contributed by atoms with van der Waals surface area (Å²) in [6.07, 6.45) is 2.70. The number of nitrogens with one attached hydrogen (secondary N) is 1. The SMILES string of the molecule is CCC1CCN(Cc2ccccc2CNC(C)C)C1. The summed E-state index contributed by atoms with van der Waals surface area (Å²) >= 11 is 0. The Labute approximate surface area is 118 Å². The lowest BCUT2D eigenvalue weighted by atomic mass is 10.1. The fourth-order valence-corrected chi connectivity index (χ4v) is 2.83. The van der Waals surface area contributed by atoms with Crippen molar-refractivity contribution in [2.75, 3.05) is 13.1 Å². The minimum atomic E-state index is 0.546. The smallest absolute Gasteiger partial charge is 0.0237 e. The van der Waals surface area contributed by atoms with Gasteiger partial charge in [-0.05, 0) is 30.0 Å². The average Bonchev–Trinajstić information content (AvgIpc) is 2.85. The molecular formula is C17H28N2. The Balaban J connectivity index is 1.96. The summed E-state index contributed by atoms with van der Waals surface area (Å²) in [4.78, 5) is 2.61. The van der Waals surface area contributed by atoms with Gasteiger partial charge < -0.3 is 5.32 Å². The average molecular weight is 260 g/mol. The van der Waals surface area contributed by atoms with Crippen LogP contribution in [0.3, 0.4) is 0 Å². The Kier molecular flexibility index (Phi) is 5.41. The van der Waals surface area contributed by atoms with Crippen LogP contribution in [0.2, 0.25) is 0 Å². The molecule has 106 valence electrons. The molecule has 1 atom stereocenters. The van der Waals surface area contributed by atoms with E-state index in [1.54, 1.807) is 0 Å². The van der Waals surface area contributed by atoms with Gasteiger partial charge in [0.15, 0.2) is 0 Å². The van der Waals surface area contributed by atoms with Gasteiger partial charge in [-0.25, -0.2) is 0 Å². The van der Waals surface area contributed by atoms with E-state index in [1.165, 1.54) is 37.1 Å². The first-order valence-electron chi connectivity index (χ1n) is 7.71. The zero-order valence-electron chi connectivity index (χ0n) is 12.7. The van der Waals surface area contributed by atoms with E-state index in [2.05, 4.69) is 55.3 Å². The summed E-state index contributed by atoms with van der Waals surface area (Å²) in [7, 11) is 0. The molecule has 2 rings (SSSR count). The van der Waals surface area contributed by atoms with Crippen molar-refractivity contribution in [3.8, 4) is 0 Å². The van der Waals surface area contributed by atoms with E-state index >= 15 is 0 Å². The molecule has 0 amide bonds. The number of rotatable bonds is 6. The second kappa shape index (κ2) is 7.06. The van der Waals surface area contributed by atoms with Gasteiger partial charge in [-0.3, -0.25) is 4.90 Å². The second-order valence-corrected chi connectivity index (χ2v) is 6.10. The van der Waals surface area contributed by atoms with Gasteiger partial charge in [0.05, 0.1) is 0 Å². The molecule has 1 heterocycles. The van der Waals surface area contributed by atoms with Gasteiger partial charge in [-0.1, -0.05) is 51.5 Å². The number of nitrogens with zero attached hydrogens (tertiary/aromatic N) is 1. The van der Waals surface area contributed by atoms with E-state index in [4.69, 9.17) is 0 Å². The van der Waals surface area contributed by atoms with Gasteiger partial charge in [-0.2, -0.15) is 0 Å². The van der Waals surface area contributed by atoms with Crippen LogP contribution >= 0.6 is 0 Å². The van der Waals surface area contributed by atoms with Crippen LogP contribution in [0.1, 0.15) is 44.7 Å². The predicted octanol–water partition coefficient (Wildman–Crippen LogP) is 3.42. The standard InChI is InChI=1S/C17H28N2/c1-4-15-9-10-19(12-15)13-17-8-6-5-7-16(17)11-18-14(2)3/h5-8,14-15,18H,4,9-13H2,1-3H3. The third-order valence-corrected chi connectivity index (χ3v) is 4.16. The molecule has 1 aromatic carbocycles. The molecule has 0 aromatic heterocycles. The van der Waals surface area contributed by atoms with E-state index in [0.717, 1.165) is 19.0 Å². The zero-order chi connectivity index (χ0) is 13.7. The van der Waals surface area contributed by atoms with Crippen molar-refractivity contribution in [2.24, 2.45) is 5.92 Å². The lowest BCUT2D eigenvalue weighted by molar-refractivity contribution is 0.314. The molecule has 1 fully saturated rings. The van der Waals surface area contributed by atoms with E-state index < -0.39 is 0 Å². The Morgan fingerprint density at radius 1 is 1.26 bits per heavy atom. The monoisotopic (exact) mass is 260 g/mol. The van der Waals surface area contributed by atoms with Crippen molar-refractivity contribution in [1.82, 2.24) is 10.2 Å².